The number of amides is 2. The van der Waals surface area contributed by atoms with Gasteiger partial charge in [-0.05, 0) is 50.5 Å². The maximum atomic E-state index is 11.9. The van der Waals surface area contributed by atoms with Gasteiger partial charge in [-0.15, -0.1) is 0 Å². The van der Waals surface area contributed by atoms with Crippen LogP contribution in [-0.4, -0.2) is 51.8 Å². The van der Waals surface area contributed by atoms with E-state index in [4.69, 9.17) is 13.9 Å². The van der Waals surface area contributed by atoms with Crippen molar-refractivity contribution >= 4 is 6.03 Å². The van der Waals surface area contributed by atoms with Gasteiger partial charge in [0.15, 0.2) is 0 Å². The smallest absolute Gasteiger partial charge is 0.314 e. The lowest BCUT2D eigenvalue weighted by Gasteiger charge is -2.22. The van der Waals surface area contributed by atoms with Crippen LogP contribution in [0, 0.1) is 0 Å². The van der Waals surface area contributed by atoms with E-state index in [1.54, 1.807) is 13.4 Å². The second kappa shape index (κ2) is 9.58. The van der Waals surface area contributed by atoms with E-state index >= 15 is 0 Å². The number of furan rings is 1. The summed E-state index contributed by atoms with van der Waals surface area (Å²) in [6.07, 6.45) is 1.63. The van der Waals surface area contributed by atoms with Crippen LogP contribution >= 0.6 is 0 Å². The maximum Gasteiger partial charge on any atom is 0.314 e. The lowest BCUT2D eigenvalue weighted by molar-refractivity contribution is 0.222. The molecule has 1 aromatic heterocycles. The van der Waals surface area contributed by atoms with Crippen LogP contribution in [0.15, 0.2) is 47.1 Å². The molecule has 2 aromatic rings. The largest absolute Gasteiger partial charge is 0.497 e. The second-order valence-electron chi connectivity index (χ2n) is 5.66. The van der Waals surface area contributed by atoms with Crippen LogP contribution in [0.1, 0.15) is 11.8 Å². The minimum Gasteiger partial charge on any atom is -0.497 e. The molecule has 0 fully saturated rings. The van der Waals surface area contributed by atoms with Gasteiger partial charge in [-0.25, -0.2) is 4.79 Å². The SMILES string of the molecule is COc1ccc(OCCNC(=O)NCC(c2ccco2)N(C)C)cc1. The van der Waals surface area contributed by atoms with E-state index in [9.17, 15) is 4.79 Å². The average Bonchev–Trinajstić information content (AvgIpc) is 3.13. The summed E-state index contributed by atoms with van der Waals surface area (Å²) in [5.74, 6) is 2.32. The Morgan fingerprint density at radius 2 is 1.88 bits per heavy atom. The molecule has 1 heterocycles. The number of urea groups is 1. The Hall–Kier alpha value is -2.67. The molecule has 25 heavy (non-hydrogen) atoms. The highest BCUT2D eigenvalue weighted by Crippen LogP contribution is 2.17. The average molecular weight is 347 g/mol. The lowest BCUT2D eigenvalue weighted by Crippen LogP contribution is -2.41. The molecule has 1 unspecified atom stereocenters. The van der Waals surface area contributed by atoms with Crippen LogP contribution in [0.25, 0.3) is 0 Å². The molecule has 2 rings (SSSR count). The van der Waals surface area contributed by atoms with E-state index < -0.39 is 0 Å². The fourth-order valence-electron chi connectivity index (χ4n) is 2.28. The number of methoxy groups -OCH3 is 1. The highest BCUT2D eigenvalue weighted by molar-refractivity contribution is 5.73. The normalized spacial score (nSPS) is 11.8. The number of carbonyl (C=O) groups is 1. The van der Waals surface area contributed by atoms with Crippen molar-refractivity contribution in [3.05, 3.63) is 48.4 Å². The first kappa shape index (κ1) is 18.7. The topological polar surface area (TPSA) is 76.0 Å². The van der Waals surface area contributed by atoms with Crippen molar-refractivity contribution in [1.82, 2.24) is 15.5 Å². The molecule has 7 nitrogen and oxygen atoms in total. The monoisotopic (exact) mass is 347 g/mol. The molecular formula is C18H25N3O4. The van der Waals surface area contributed by atoms with Crippen LogP contribution in [0.5, 0.6) is 11.5 Å². The molecule has 0 saturated carbocycles. The molecule has 0 saturated heterocycles. The number of hydrogen-bond acceptors (Lipinski definition) is 5. The molecule has 1 aromatic carbocycles. The first-order chi connectivity index (χ1) is 12.1. The molecule has 1 atom stereocenters. The van der Waals surface area contributed by atoms with E-state index in [-0.39, 0.29) is 12.1 Å². The standard InChI is InChI=1S/C18H25N3O4/c1-21(2)16(17-5-4-11-25-17)13-20-18(22)19-10-12-24-15-8-6-14(23-3)7-9-15/h4-9,11,16H,10,12-13H2,1-3H3,(H2,19,20,22). The highest BCUT2D eigenvalue weighted by atomic mass is 16.5. The summed E-state index contributed by atoms with van der Waals surface area (Å²) in [6.45, 7) is 1.24. The minimum absolute atomic E-state index is 0.0173. The van der Waals surface area contributed by atoms with E-state index in [0.717, 1.165) is 17.3 Å². The molecule has 0 aliphatic heterocycles. The van der Waals surface area contributed by atoms with Crippen molar-refractivity contribution in [2.24, 2.45) is 0 Å². The van der Waals surface area contributed by atoms with Gasteiger partial charge >= 0.3 is 6.03 Å². The third kappa shape index (κ3) is 6.04. The molecule has 0 radical (unpaired) electrons. The summed E-state index contributed by atoms with van der Waals surface area (Å²) in [5.41, 5.74) is 0. The third-order valence-electron chi connectivity index (χ3n) is 3.67. The van der Waals surface area contributed by atoms with Crippen LogP contribution in [0.4, 0.5) is 4.79 Å². The number of benzene rings is 1. The molecule has 2 amide bonds. The zero-order chi connectivity index (χ0) is 18.1. The number of carbonyl (C=O) groups excluding carboxylic acids is 1. The van der Waals surface area contributed by atoms with Crippen LogP contribution in [-0.2, 0) is 0 Å². The zero-order valence-corrected chi connectivity index (χ0v) is 14.8. The van der Waals surface area contributed by atoms with E-state index in [1.165, 1.54) is 0 Å². The van der Waals surface area contributed by atoms with Crippen LogP contribution < -0.4 is 20.1 Å². The van der Waals surface area contributed by atoms with E-state index in [1.807, 2.05) is 55.4 Å². The van der Waals surface area contributed by atoms with Gasteiger partial charge in [0.1, 0.15) is 23.9 Å². The Morgan fingerprint density at radius 1 is 1.16 bits per heavy atom. The maximum absolute atomic E-state index is 11.9. The van der Waals surface area contributed by atoms with E-state index in [2.05, 4.69) is 10.6 Å². The molecule has 136 valence electrons. The number of nitrogens with one attached hydrogen (secondary N) is 2. The minimum atomic E-state index is -0.239. The molecule has 0 spiro atoms. The quantitative estimate of drug-likeness (QED) is 0.681. The summed E-state index contributed by atoms with van der Waals surface area (Å²) < 4.78 is 16.1. The Labute approximate surface area is 147 Å². The fraction of sp³-hybridized carbons (Fsp3) is 0.389. The van der Waals surface area contributed by atoms with Gasteiger partial charge in [0.05, 0.1) is 26.0 Å². The molecule has 0 aliphatic rings. The third-order valence-corrected chi connectivity index (χ3v) is 3.67. The Bertz CT molecular complexity index is 626. The van der Waals surface area contributed by atoms with Crippen molar-refractivity contribution < 1.29 is 18.7 Å². The number of likely N-dealkylation sites (N-methyl/N-ethyl adjacent to an activating group) is 1. The van der Waals surface area contributed by atoms with E-state index in [0.29, 0.717) is 19.7 Å². The second-order valence-corrected chi connectivity index (χ2v) is 5.66. The number of hydrogen-bond donors (Lipinski definition) is 2. The molecule has 0 bridgehead atoms. The van der Waals surface area contributed by atoms with Crippen LogP contribution in [0.3, 0.4) is 0 Å². The van der Waals surface area contributed by atoms with Gasteiger partial charge in [0.2, 0.25) is 0 Å². The molecule has 2 N–H and O–H groups in total. The van der Waals surface area contributed by atoms with Gasteiger partial charge < -0.3 is 24.5 Å². The Kier molecular flexibility index (Phi) is 7.16. The predicted octanol–water partition coefficient (Wildman–Crippen LogP) is 2.27. The first-order valence-electron chi connectivity index (χ1n) is 8.08. The number of rotatable bonds is 9. The predicted molar refractivity (Wildman–Crippen MR) is 95.0 cm³/mol. The van der Waals surface area contributed by atoms with Crippen molar-refractivity contribution in [2.75, 3.05) is 40.9 Å². The molecule has 7 heteroatoms. The summed E-state index contributed by atoms with van der Waals surface area (Å²) >= 11 is 0. The highest BCUT2D eigenvalue weighted by Gasteiger charge is 2.17. The van der Waals surface area contributed by atoms with Crippen molar-refractivity contribution in [2.45, 2.75) is 6.04 Å². The van der Waals surface area contributed by atoms with Crippen molar-refractivity contribution in [3.8, 4) is 11.5 Å². The molecule has 0 aliphatic carbocycles. The van der Waals surface area contributed by atoms with Gasteiger partial charge in [-0.3, -0.25) is 4.90 Å². The summed E-state index contributed by atoms with van der Waals surface area (Å²) in [5, 5.41) is 5.61. The van der Waals surface area contributed by atoms with Gasteiger partial charge in [-0.2, -0.15) is 0 Å². The van der Waals surface area contributed by atoms with Crippen molar-refractivity contribution in [3.63, 3.8) is 0 Å². The Morgan fingerprint density at radius 3 is 2.48 bits per heavy atom. The molecular weight excluding hydrogens is 322 g/mol. The summed E-state index contributed by atoms with van der Waals surface area (Å²) in [6, 6.07) is 10.8. The zero-order valence-electron chi connectivity index (χ0n) is 14.8. The van der Waals surface area contributed by atoms with Gasteiger partial charge in [0, 0.05) is 6.54 Å². The lowest BCUT2D eigenvalue weighted by atomic mass is 10.2. The van der Waals surface area contributed by atoms with Gasteiger partial charge in [-0.1, -0.05) is 0 Å². The fourth-order valence-corrected chi connectivity index (χ4v) is 2.28. The number of nitrogens with zero attached hydrogens (tertiary/aromatic N) is 1. The first-order valence-corrected chi connectivity index (χ1v) is 8.08. The summed E-state index contributed by atoms with van der Waals surface area (Å²) in [4.78, 5) is 13.9. The number of ether oxygens (including phenoxy) is 2. The Balaban J connectivity index is 1.66. The van der Waals surface area contributed by atoms with Crippen LogP contribution in [0.2, 0.25) is 0 Å². The summed E-state index contributed by atoms with van der Waals surface area (Å²) in [7, 11) is 5.50. The van der Waals surface area contributed by atoms with Gasteiger partial charge in [0.25, 0.3) is 0 Å². The van der Waals surface area contributed by atoms with Crippen molar-refractivity contribution in [1.29, 1.82) is 0 Å².